The zero-order valence-electron chi connectivity index (χ0n) is 2.34. The van der Waals surface area contributed by atoms with Crippen molar-refractivity contribution in [3.63, 3.8) is 0 Å². The number of rotatable bonds is 0. The lowest BCUT2D eigenvalue weighted by atomic mass is 14.0. The first-order valence-electron chi connectivity index (χ1n) is 0. The van der Waals surface area contributed by atoms with Crippen LogP contribution in [-0.2, 0) is 0 Å². The van der Waals surface area contributed by atoms with Gasteiger partial charge in [0.25, 0.3) is 0 Å². The predicted molar refractivity (Wildman–Crippen MR) is 66.7 cm³/mol. The summed E-state index contributed by atoms with van der Waals surface area (Å²) in [4.78, 5) is 0. The van der Waals surface area contributed by atoms with E-state index in [1.807, 2.05) is 0 Å². The SMILES string of the molecule is I.I.I.I.N. The van der Waals surface area contributed by atoms with E-state index in [-0.39, 0.29) is 102 Å². The number of halogens is 4. The molecule has 0 heterocycles. The van der Waals surface area contributed by atoms with E-state index in [0.717, 1.165) is 0 Å². The quantitative estimate of drug-likeness (QED) is 0.482. The van der Waals surface area contributed by atoms with Crippen LogP contribution in [0.15, 0.2) is 0 Å². The molecule has 0 radical (unpaired) electrons. The monoisotopic (exact) mass is 529 g/mol. The van der Waals surface area contributed by atoms with Crippen LogP contribution in [0.25, 0.3) is 0 Å². The summed E-state index contributed by atoms with van der Waals surface area (Å²) in [5, 5.41) is 0. The largest absolute Gasteiger partial charge is 0.344 e. The second-order valence-electron chi connectivity index (χ2n) is 0. The number of hydrogen-bond donors (Lipinski definition) is 1. The first-order valence-corrected chi connectivity index (χ1v) is 0. The molecule has 5 heavy (non-hydrogen) atoms. The van der Waals surface area contributed by atoms with Crippen LogP contribution in [-0.4, -0.2) is 0 Å². The lowest BCUT2D eigenvalue weighted by Crippen LogP contribution is -0.481. The van der Waals surface area contributed by atoms with Gasteiger partial charge in [0.1, 0.15) is 0 Å². The summed E-state index contributed by atoms with van der Waals surface area (Å²) in [5.41, 5.74) is 0. The highest BCUT2D eigenvalue weighted by atomic mass is 127. The van der Waals surface area contributed by atoms with Crippen molar-refractivity contribution in [1.29, 1.82) is 0 Å². The first kappa shape index (κ1) is 45.0. The average molecular weight is 529 g/mol. The minimum absolute atomic E-state index is 0. The van der Waals surface area contributed by atoms with Crippen molar-refractivity contribution < 1.29 is 0 Å². The van der Waals surface area contributed by atoms with E-state index < -0.39 is 0 Å². The number of hydrogen-bond acceptors (Lipinski definition) is 1. The molecule has 0 aromatic rings. The zero-order chi connectivity index (χ0) is 0. The van der Waals surface area contributed by atoms with E-state index in [9.17, 15) is 0 Å². The molecular formula is H7I4N. The third kappa shape index (κ3) is 19.8. The van der Waals surface area contributed by atoms with Crippen molar-refractivity contribution in [2.75, 3.05) is 0 Å². The molecule has 40 valence electrons. The molecule has 0 aliphatic rings. The van der Waals surface area contributed by atoms with Gasteiger partial charge in [0.05, 0.1) is 0 Å². The van der Waals surface area contributed by atoms with Gasteiger partial charge in [0.15, 0.2) is 0 Å². The average Bonchev–Trinajstić information content (AvgIpc) is 0. The van der Waals surface area contributed by atoms with Crippen LogP contribution in [0.5, 0.6) is 0 Å². The van der Waals surface area contributed by atoms with Crippen LogP contribution >= 0.6 is 95.9 Å². The molecule has 1 nitrogen and oxygen atoms in total. The summed E-state index contributed by atoms with van der Waals surface area (Å²) < 4.78 is 0. The summed E-state index contributed by atoms with van der Waals surface area (Å²) in [6.45, 7) is 0. The second kappa shape index (κ2) is 28.7. The molecule has 0 bridgehead atoms. The van der Waals surface area contributed by atoms with Gasteiger partial charge in [0.2, 0.25) is 0 Å². The summed E-state index contributed by atoms with van der Waals surface area (Å²) in [6, 6.07) is 0. The van der Waals surface area contributed by atoms with Crippen LogP contribution in [0, 0.1) is 0 Å². The summed E-state index contributed by atoms with van der Waals surface area (Å²) in [5.74, 6) is 0. The molecule has 0 fully saturated rings. The van der Waals surface area contributed by atoms with Gasteiger partial charge < -0.3 is 6.15 Å². The van der Waals surface area contributed by atoms with Crippen LogP contribution in [0.1, 0.15) is 0 Å². The summed E-state index contributed by atoms with van der Waals surface area (Å²) in [7, 11) is 0. The first-order chi connectivity index (χ1) is 0. The van der Waals surface area contributed by atoms with Gasteiger partial charge in [-0.2, -0.15) is 0 Å². The van der Waals surface area contributed by atoms with Gasteiger partial charge >= 0.3 is 0 Å². The Morgan fingerprint density at radius 1 is 0.400 bits per heavy atom. The van der Waals surface area contributed by atoms with Crippen LogP contribution in [0.3, 0.4) is 0 Å². The van der Waals surface area contributed by atoms with Gasteiger partial charge in [-0.15, -0.1) is 95.9 Å². The fraction of sp³-hybridized carbons (Fsp3) is 0. The highest BCUT2D eigenvalue weighted by Crippen LogP contribution is 0.889. The smallest absolute Gasteiger partial charge is 0.107 e. The second-order valence-corrected chi connectivity index (χ2v) is 0. The Morgan fingerprint density at radius 3 is 0.400 bits per heavy atom. The maximum absolute atomic E-state index is 0. The normalized spacial score (nSPS) is 0. The molecule has 0 aromatic carbocycles. The van der Waals surface area contributed by atoms with Crippen LogP contribution < -0.4 is 6.15 Å². The van der Waals surface area contributed by atoms with E-state index in [4.69, 9.17) is 0 Å². The molecule has 0 saturated carbocycles. The molecular weight excluding hydrogens is 522 g/mol. The Kier molecular flexibility index (Phi) is 258. The summed E-state index contributed by atoms with van der Waals surface area (Å²) >= 11 is 0. The standard InChI is InChI=1S/4HI.H3N/h4*1H;1H3. The van der Waals surface area contributed by atoms with Crippen molar-refractivity contribution in [3.8, 4) is 0 Å². The van der Waals surface area contributed by atoms with Crippen LogP contribution in [0.2, 0.25) is 0 Å². The van der Waals surface area contributed by atoms with Crippen molar-refractivity contribution in [3.05, 3.63) is 0 Å². The molecule has 0 atom stereocenters. The van der Waals surface area contributed by atoms with Crippen LogP contribution in [0.4, 0.5) is 0 Å². The topological polar surface area (TPSA) is 35.0 Å². The van der Waals surface area contributed by atoms with E-state index in [2.05, 4.69) is 0 Å². The molecule has 0 aliphatic carbocycles. The fourth-order valence-electron chi connectivity index (χ4n) is 0. The third-order valence-corrected chi connectivity index (χ3v) is 0. The Bertz CT molecular complexity index is 3.61. The van der Waals surface area contributed by atoms with Gasteiger partial charge in [-0.1, -0.05) is 0 Å². The Labute approximate surface area is 100 Å². The van der Waals surface area contributed by atoms with E-state index in [1.165, 1.54) is 0 Å². The molecule has 0 saturated heterocycles. The minimum Gasteiger partial charge on any atom is -0.344 e. The van der Waals surface area contributed by atoms with E-state index in [1.54, 1.807) is 0 Å². The highest BCUT2D eigenvalue weighted by Gasteiger charge is -0.104. The lowest BCUT2D eigenvalue weighted by Gasteiger charge is -0.344. The van der Waals surface area contributed by atoms with E-state index in [0.29, 0.717) is 0 Å². The lowest BCUT2D eigenvalue weighted by molar-refractivity contribution is 2.13. The predicted octanol–water partition coefficient (Wildman–Crippen LogP) is 2.63. The molecule has 0 aliphatic heterocycles. The van der Waals surface area contributed by atoms with E-state index >= 15 is 0 Å². The molecule has 3 N–H and O–H groups in total. The molecule has 0 unspecified atom stereocenters. The zero-order valence-corrected chi connectivity index (χ0v) is 11.7. The Morgan fingerprint density at radius 2 is 0.400 bits per heavy atom. The van der Waals surface area contributed by atoms with Gasteiger partial charge in [0, 0.05) is 0 Å². The van der Waals surface area contributed by atoms with Crippen molar-refractivity contribution in [1.82, 2.24) is 6.15 Å². The molecule has 0 aromatic heterocycles. The van der Waals surface area contributed by atoms with Crippen molar-refractivity contribution in [2.45, 2.75) is 0 Å². The highest BCUT2D eigenvalue weighted by molar-refractivity contribution is 14.0. The minimum atomic E-state index is 0. The Balaban J connectivity index is 0. The van der Waals surface area contributed by atoms with Crippen molar-refractivity contribution >= 4 is 95.9 Å². The fourth-order valence-corrected chi connectivity index (χ4v) is 0. The third-order valence-electron chi connectivity index (χ3n) is 0. The van der Waals surface area contributed by atoms with Crippen molar-refractivity contribution in [2.24, 2.45) is 0 Å². The van der Waals surface area contributed by atoms with Gasteiger partial charge in [-0.25, -0.2) is 0 Å². The maximum Gasteiger partial charge on any atom is -0.107 e. The van der Waals surface area contributed by atoms with Gasteiger partial charge in [-0.05, 0) is 0 Å². The summed E-state index contributed by atoms with van der Waals surface area (Å²) in [6.07, 6.45) is 0. The molecule has 0 rings (SSSR count). The molecule has 5 heteroatoms. The Hall–Kier alpha value is 2.88. The molecule has 0 amide bonds. The molecule has 0 spiro atoms. The maximum atomic E-state index is 0. The van der Waals surface area contributed by atoms with Gasteiger partial charge in [-0.3, -0.25) is 0 Å².